The van der Waals surface area contributed by atoms with Crippen molar-refractivity contribution >= 4 is 38.9 Å². The van der Waals surface area contributed by atoms with Gasteiger partial charge >= 0.3 is 0 Å². The van der Waals surface area contributed by atoms with Crippen molar-refractivity contribution in [2.75, 3.05) is 0 Å². The number of hydrogen-bond acceptors (Lipinski definition) is 2. The van der Waals surface area contributed by atoms with E-state index in [1.807, 2.05) is 24.3 Å². The SMILES string of the molecule is Clc1ncc(-c2ccc(Br)cc2)s1. The standard InChI is InChI=1S/C9H5BrClNS/c10-7-3-1-6(2-4-7)8-5-12-9(11)13-8/h1-5H. The van der Waals surface area contributed by atoms with Gasteiger partial charge in [-0.1, -0.05) is 39.7 Å². The fraction of sp³-hybridized carbons (Fsp3) is 0. The summed E-state index contributed by atoms with van der Waals surface area (Å²) in [5, 5.41) is 0. The number of thiazole rings is 1. The van der Waals surface area contributed by atoms with Crippen LogP contribution in [-0.2, 0) is 0 Å². The first-order valence-electron chi connectivity index (χ1n) is 3.63. The van der Waals surface area contributed by atoms with Crippen molar-refractivity contribution in [1.29, 1.82) is 0 Å². The molecule has 13 heavy (non-hydrogen) atoms. The Bertz CT molecular complexity index is 410. The van der Waals surface area contributed by atoms with E-state index in [1.54, 1.807) is 6.20 Å². The zero-order valence-electron chi connectivity index (χ0n) is 6.50. The van der Waals surface area contributed by atoms with Crippen LogP contribution in [0.25, 0.3) is 10.4 Å². The normalized spacial score (nSPS) is 10.3. The van der Waals surface area contributed by atoms with E-state index in [9.17, 15) is 0 Å². The average Bonchev–Trinajstić information content (AvgIpc) is 2.53. The molecule has 66 valence electrons. The lowest BCUT2D eigenvalue weighted by molar-refractivity contribution is 1.42. The van der Waals surface area contributed by atoms with Gasteiger partial charge in [-0.3, -0.25) is 0 Å². The molecule has 0 amide bonds. The van der Waals surface area contributed by atoms with Crippen molar-refractivity contribution in [3.63, 3.8) is 0 Å². The Kier molecular flexibility index (Phi) is 2.67. The maximum Gasteiger partial charge on any atom is 0.184 e. The number of aromatic nitrogens is 1. The molecule has 1 nitrogen and oxygen atoms in total. The topological polar surface area (TPSA) is 12.9 Å². The summed E-state index contributed by atoms with van der Waals surface area (Å²) in [5.41, 5.74) is 1.15. The minimum atomic E-state index is 0.581. The van der Waals surface area contributed by atoms with Crippen LogP contribution in [0.5, 0.6) is 0 Å². The second kappa shape index (κ2) is 3.78. The third kappa shape index (κ3) is 2.10. The summed E-state index contributed by atoms with van der Waals surface area (Å²) in [6, 6.07) is 8.08. The third-order valence-corrected chi connectivity index (χ3v) is 3.30. The highest BCUT2D eigenvalue weighted by Crippen LogP contribution is 2.29. The minimum Gasteiger partial charge on any atom is -0.233 e. The van der Waals surface area contributed by atoms with Crippen molar-refractivity contribution < 1.29 is 0 Å². The molecule has 0 bridgehead atoms. The first-order chi connectivity index (χ1) is 6.25. The lowest BCUT2D eigenvalue weighted by Gasteiger charge is -1.95. The predicted octanol–water partition coefficient (Wildman–Crippen LogP) is 4.23. The zero-order chi connectivity index (χ0) is 9.26. The molecule has 0 saturated heterocycles. The van der Waals surface area contributed by atoms with Gasteiger partial charge in [0.15, 0.2) is 4.47 Å². The summed E-state index contributed by atoms with van der Waals surface area (Å²) >= 11 is 10.6. The van der Waals surface area contributed by atoms with E-state index >= 15 is 0 Å². The van der Waals surface area contributed by atoms with Crippen molar-refractivity contribution in [2.45, 2.75) is 0 Å². The Balaban J connectivity index is 2.41. The maximum absolute atomic E-state index is 5.74. The smallest absolute Gasteiger partial charge is 0.184 e. The van der Waals surface area contributed by atoms with E-state index in [4.69, 9.17) is 11.6 Å². The zero-order valence-corrected chi connectivity index (χ0v) is 9.66. The molecular formula is C9H5BrClNS. The fourth-order valence-corrected chi connectivity index (χ4v) is 2.21. The molecule has 2 rings (SSSR count). The number of rotatable bonds is 1. The highest BCUT2D eigenvalue weighted by molar-refractivity contribution is 9.10. The van der Waals surface area contributed by atoms with Gasteiger partial charge in [0.1, 0.15) is 0 Å². The van der Waals surface area contributed by atoms with Crippen LogP contribution in [0.15, 0.2) is 34.9 Å². The van der Waals surface area contributed by atoms with Crippen LogP contribution < -0.4 is 0 Å². The van der Waals surface area contributed by atoms with Crippen LogP contribution in [-0.4, -0.2) is 4.98 Å². The van der Waals surface area contributed by atoms with Crippen molar-refractivity contribution in [1.82, 2.24) is 4.98 Å². The van der Waals surface area contributed by atoms with Gasteiger partial charge in [0, 0.05) is 10.7 Å². The Hall–Kier alpha value is -0.380. The fourth-order valence-electron chi connectivity index (χ4n) is 1.00. The van der Waals surface area contributed by atoms with Crippen LogP contribution >= 0.6 is 38.9 Å². The van der Waals surface area contributed by atoms with Gasteiger partial charge in [-0.15, -0.1) is 11.3 Å². The van der Waals surface area contributed by atoms with Gasteiger partial charge in [0.2, 0.25) is 0 Å². The van der Waals surface area contributed by atoms with E-state index in [2.05, 4.69) is 20.9 Å². The van der Waals surface area contributed by atoms with Crippen molar-refractivity contribution in [2.24, 2.45) is 0 Å². The quantitative estimate of drug-likeness (QED) is 0.758. The van der Waals surface area contributed by atoms with Crippen molar-refractivity contribution in [3.05, 3.63) is 39.4 Å². The highest BCUT2D eigenvalue weighted by Gasteiger charge is 2.01. The molecule has 0 aliphatic rings. The molecule has 1 aromatic heterocycles. The van der Waals surface area contributed by atoms with E-state index in [1.165, 1.54) is 11.3 Å². The molecular weight excluding hydrogens is 270 g/mol. The molecule has 1 heterocycles. The summed E-state index contributed by atoms with van der Waals surface area (Å²) < 4.78 is 1.66. The Morgan fingerprint density at radius 1 is 1.23 bits per heavy atom. The Labute approximate surface area is 93.5 Å². The minimum absolute atomic E-state index is 0.581. The molecule has 0 spiro atoms. The molecule has 0 fully saturated rings. The van der Waals surface area contributed by atoms with E-state index in [0.717, 1.165) is 14.9 Å². The number of benzene rings is 1. The van der Waals surface area contributed by atoms with E-state index in [-0.39, 0.29) is 0 Å². The molecule has 0 aliphatic heterocycles. The Morgan fingerprint density at radius 2 is 1.92 bits per heavy atom. The van der Waals surface area contributed by atoms with Crippen LogP contribution in [0.2, 0.25) is 4.47 Å². The van der Waals surface area contributed by atoms with Gasteiger partial charge in [0.25, 0.3) is 0 Å². The molecule has 0 unspecified atom stereocenters. The number of halogens is 2. The lowest BCUT2D eigenvalue weighted by atomic mass is 10.2. The number of nitrogens with zero attached hydrogens (tertiary/aromatic N) is 1. The summed E-state index contributed by atoms with van der Waals surface area (Å²) in [6.07, 6.45) is 1.79. The summed E-state index contributed by atoms with van der Waals surface area (Å²) in [7, 11) is 0. The van der Waals surface area contributed by atoms with Crippen LogP contribution in [0.3, 0.4) is 0 Å². The highest BCUT2D eigenvalue weighted by atomic mass is 79.9. The molecule has 0 atom stereocenters. The van der Waals surface area contributed by atoms with Gasteiger partial charge in [-0.05, 0) is 17.7 Å². The predicted molar refractivity (Wildman–Crippen MR) is 60.3 cm³/mol. The summed E-state index contributed by atoms with van der Waals surface area (Å²) in [6.45, 7) is 0. The van der Waals surface area contributed by atoms with Gasteiger partial charge < -0.3 is 0 Å². The monoisotopic (exact) mass is 273 g/mol. The van der Waals surface area contributed by atoms with E-state index < -0.39 is 0 Å². The first-order valence-corrected chi connectivity index (χ1v) is 5.62. The van der Waals surface area contributed by atoms with Gasteiger partial charge in [0.05, 0.1) is 4.88 Å². The largest absolute Gasteiger partial charge is 0.233 e. The summed E-state index contributed by atoms with van der Waals surface area (Å²) in [5.74, 6) is 0. The molecule has 0 aliphatic carbocycles. The molecule has 4 heteroatoms. The van der Waals surface area contributed by atoms with Crippen molar-refractivity contribution in [3.8, 4) is 10.4 Å². The Morgan fingerprint density at radius 3 is 2.46 bits per heavy atom. The van der Waals surface area contributed by atoms with Crippen LogP contribution in [0, 0.1) is 0 Å². The molecule has 0 radical (unpaired) electrons. The second-order valence-electron chi connectivity index (χ2n) is 2.48. The average molecular weight is 275 g/mol. The molecule has 0 saturated carbocycles. The maximum atomic E-state index is 5.74. The van der Waals surface area contributed by atoms with Gasteiger partial charge in [-0.25, -0.2) is 4.98 Å². The second-order valence-corrected chi connectivity index (χ2v) is 5.01. The molecule has 1 aromatic carbocycles. The van der Waals surface area contributed by atoms with E-state index in [0.29, 0.717) is 4.47 Å². The summed E-state index contributed by atoms with van der Waals surface area (Å²) in [4.78, 5) is 5.08. The molecule has 0 N–H and O–H groups in total. The lowest BCUT2D eigenvalue weighted by Crippen LogP contribution is -1.70. The first kappa shape index (κ1) is 9.19. The van der Waals surface area contributed by atoms with Crippen LogP contribution in [0.4, 0.5) is 0 Å². The molecule has 2 aromatic rings. The third-order valence-electron chi connectivity index (χ3n) is 1.61. The van der Waals surface area contributed by atoms with Crippen LogP contribution in [0.1, 0.15) is 0 Å². The van der Waals surface area contributed by atoms with Gasteiger partial charge in [-0.2, -0.15) is 0 Å². The number of hydrogen-bond donors (Lipinski definition) is 0.